The molecule has 0 spiro atoms. The van der Waals surface area contributed by atoms with Crippen LogP contribution in [0, 0.1) is 0 Å². The van der Waals surface area contributed by atoms with Crippen molar-refractivity contribution in [2.24, 2.45) is 0 Å². The second kappa shape index (κ2) is 5.83. The van der Waals surface area contributed by atoms with E-state index in [4.69, 9.17) is 0 Å². The van der Waals surface area contributed by atoms with Crippen LogP contribution in [0.1, 0.15) is 17.5 Å². The summed E-state index contributed by atoms with van der Waals surface area (Å²) < 4.78 is -0.0982. The van der Waals surface area contributed by atoms with Crippen LogP contribution in [0.3, 0.4) is 0 Å². The maximum absolute atomic E-state index is 3.93. The number of halogens is 2. The zero-order valence-electron chi connectivity index (χ0n) is 9.44. The Balaban J connectivity index is 2.47. The van der Waals surface area contributed by atoms with Crippen molar-refractivity contribution in [1.82, 2.24) is 0 Å². The fourth-order valence-corrected chi connectivity index (χ4v) is 3.84. The molecule has 2 aromatic rings. The Kier molecular flexibility index (Phi) is 4.41. The van der Waals surface area contributed by atoms with Gasteiger partial charge in [0.15, 0.2) is 0 Å². The quantitative estimate of drug-likeness (QED) is 0.670. The van der Waals surface area contributed by atoms with Crippen LogP contribution in [-0.2, 0) is 4.32 Å². The fraction of sp³-hybridized carbons (Fsp3) is 0.200. The van der Waals surface area contributed by atoms with Gasteiger partial charge in [0, 0.05) is 5.33 Å². The Morgan fingerprint density at radius 3 is 1.53 bits per heavy atom. The molecule has 0 N–H and O–H groups in total. The second-order valence-electron chi connectivity index (χ2n) is 3.97. The molecule has 0 fully saturated rings. The minimum absolute atomic E-state index is 0.0982. The SMILES string of the molecule is BrCCC(Br)(c1ccccc1)c1ccccc1. The monoisotopic (exact) mass is 352 g/mol. The van der Waals surface area contributed by atoms with Crippen LogP contribution in [-0.4, -0.2) is 5.33 Å². The zero-order chi connectivity index (χ0) is 12.1. The number of hydrogen-bond acceptors (Lipinski definition) is 0. The third-order valence-corrected chi connectivity index (χ3v) is 4.61. The second-order valence-corrected chi connectivity index (χ2v) is 6.12. The van der Waals surface area contributed by atoms with E-state index in [0.717, 1.165) is 11.8 Å². The first-order valence-corrected chi connectivity index (χ1v) is 7.55. The van der Waals surface area contributed by atoms with Gasteiger partial charge in [-0.05, 0) is 17.5 Å². The molecule has 0 aromatic heterocycles. The summed E-state index contributed by atoms with van der Waals surface area (Å²) in [5.41, 5.74) is 2.59. The molecule has 2 rings (SSSR count). The summed E-state index contributed by atoms with van der Waals surface area (Å²) in [5.74, 6) is 0. The Hall–Kier alpha value is -0.600. The van der Waals surface area contributed by atoms with E-state index in [0.29, 0.717) is 0 Å². The highest BCUT2D eigenvalue weighted by molar-refractivity contribution is 9.10. The van der Waals surface area contributed by atoms with Gasteiger partial charge in [-0.3, -0.25) is 0 Å². The molecule has 0 saturated heterocycles. The zero-order valence-corrected chi connectivity index (χ0v) is 12.6. The fourth-order valence-electron chi connectivity index (χ4n) is 1.99. The van der Waals surface area contributed by atoms with Crippen molar-refractivity contribution in [2.45, 2.75) is 10.7 Å². The van der Waals surface area contributed by atoms with Crippen LogP contribution in [0.2, 0.25) is 0 Å². The van der Waals surface area contributed by atoms with E-state index in [-0.39, 0.29) is 4.32 Å². The first-order chi connectivity index (χ1) is 8.27. The topological polar surface area (TPSA) is 0 Å². The van der Waals surface area contributed by atoms with Gasteiger partial charge in [0.25, 0.3) is 0 Å². The van der Waals surface area contributed by atoms with E-state index in [1.807, 2.05) is 0 Å². The summed E-state index contributed by atoms with van der Waals surface area (Å²) >= 11 is 7.48. The summed E-state index contributed by atoms with van der Waals surface area (Å²) in [6.45, 7) is 0. The lowest BCUT2D eigenvalue weighted by Crippen LogP contribution is -2.20. The summed E-state index contributed by atoms with van der Waals surface area (Å²) in [6, 6.07) is 21.1. The number of benzene rings is 2. The smallest absolute Gasteiger partial charge is 0.0762 e. The summed E-state index contributed by atoms with van der Waals surface area (Å²) in [5, 5.41) is 0.960. The molecule has 2 heteroatoms. The summed E-state index contributed by atoms with van der Waals surface area (Å²) in [4.78, 5) is 0. The van der Waals surface area contributed by atoms with Gasteiger partial charge in [-0.25, -0.2) is 0 Å². The third kappa shape index (κ3) is 2.80. The van der Waals surface area contributed by atoms with Gasteiger partial charge in [-0.15, -0.1) is 0 Å². The van der Waals surface area contributed by atoms with E-state index in [1.165, 1.54) is 11.1 Å². The molecule has 0 bridgehead atoms. The lowest BCUT2D eigenvalue weighted by atomic mass is 9.89. The molecular formula is C15H14Br2. The summed E-state index contributed by atoms with van der Waals surface area (Å²) in [7, 11) is 0. The highest BCUT2D eigenvalue weighted by atomic mass is 79.9. The first kappa shape index (κ1) is 12.8. The third-order valence-electron chi connectivity index (χ3n) is 2.90. The van der Waals surface area contributed by atoms with Gasteiger partial charge in [0.2, 0.25) is 0 Å². The molecule has 0 aliphatic rings. The Morgan fingerprint density at radius 2 is 1.18 bits per heavy atom. The molecule has 0 saturated carbocycles. The molecule has 0 heterocycles. The average molecular weight is 354 g/mol. The first-order valence-electron chi connectivity index (χ1n) is 5.63. The molecule has 0 aliphatic carbocycles. The number of alkyl halides is 2. The Bertz CT molecular complexity index is 411. The van der Waals surface area contributed by atoms with Crippen LogP contribution >= 0.6 is 31.9 Å². The molecule has 0 unspecified atom stereocenters. The van der Waals surface area contributed by atoms with Crippen molar-refractivity contribution in [3.05, 3.63) is 71.8 Å². The highest BCUT2D eigenvalue weighted by Gasteiger charge is 2.29. The van der Waals surface area contributed by atoms with Crippen molar-refractivity contribution in [2.75, 3.05) is 5.33 Å². The molecule has 0 nitrogen and oxygen atoms in total. The van der Waals surface area contributed by atoms with Gasteiger partial charge in [0.05, 0.1) is 4.32 Å². The van der Waals surface area contributed by atoms with E-state index in [2.05, 4.69) is 92.5 Å². The van der Waals surface area contributed by atoms with E-state index in [1.54, 1.807) is 0 Å². The van der Waals surface area contributed by atoms with Gasteiger partial charge in [-0.2, -0.15) is 0 Å². The average Bonchev–Trinajstić information content (AvgIpc) is 2.41. The van der Waals surface area contributed by atoms with Gasteiger partial charge >= 0.3 is 0 Å². The Labute approximate surface area is 119 Å². The normalized spacial score (nSPS) is 11.4. The maximum atomic E-state index is 3.93. The minimum Gasteiger partial charge on any atom is -0.0927 e. The van der Waals surface area contributed by atoms with E-state index < -0.39 is 0 Å². The molecule has 0 aliphatic heterocycles. The van der Waals surface area contributed by atoms with E-state index in [9.17, 15) is 0 Å². The van der Waals surface area contributed by atoms with E-state index >= 15 is 0 Å². The Morgan fingerprint density at radius 1 is 0.765 bits per heavy atom. The van der Waals surface area contributed by atoms with Crippen molar-refractivity contribution in [1.29, 1.82) is 0 Å². The molecule has 0 radical (unpaired) electrons. The lowest BCUT2D eigenvalue weighted by Gasteiger charge is -2.28. The predicted octanol–water partition coefficient (Wildman–Crippen LogP) is 5.11. The molecule has 0 atom stereocenters. The molecule has 17 heavy (non-hydrogen) atoms. The highest BCUT2D eigenvalue weighted by Crippen LogP contribution is 2.41. The van der Waals surface area contributed by atoms with Crippen molar-refractivity contribution in [3.63, 3.8) is 0 Å². The van der Waals surface area contributed by atoms with Gasteiger partial charge < -0.3 is 0 Å². The number of hydrogen-bond donors (Lipinski definition) is 0. The van der Waals surface area contributed by atoms with Crippen molar-refractivity contribution < 1.29 is 0 Å². The van der Waals surface area contributed by atoms with Crippen LogP contribution in [0.25, 0.3) is 0 Å². The lowest BCUT2D eigenvalue weighted by molar-refractivity contribution is 0.737. The molecular weight excluding hydrogens is 340 g/mol. The molecule has 2 aromatic carbocycles. The summed E-state index contributed by atoms with van der Waals surface area (Å²) in [6.07, 6.45) is 1.01. The molecule has 88 valence electrons. The minimum atomic E-state index is -0.0982. The van der Waals surface area contributed by atoms with Gasteiger partial charge in [0.1, 0.15) is 0 Å². The largest absolute Gasteiger partial charge is 0.0927 e. The standard InChI is InChI=1S/C15H14Br2/c16-12-11-15(17,13-7-3-1-4-8-13)14-9-5-2-6-10-14/h1-10H,11-12H2. The maximum Gasteiger partial charge on any atom is 0.0762 e. The van der Waals surface area contributed by atoms with Gasteiger partial charge in [-0.1, -0.05) is 92.5 Å². The van der Waals surface area contributed by atoms with Crippen molar-refractivity contribution >= 4 is 31.9 Å². The predicted molar refractivity (Wildman–Crippen MR) is 81.0 cm³/mol. The molecule has 0 amide bonds. The number of rotatable bonds is 4. The van der Waals surface area contributed by atoms with Crippen molar-refractivity contribution in [3.8, 4) is 0 Å². The van der Waals surface area contributed by atoms with Crippen LogP contribution in [0.4, 0.5) is 0 Å². The van der Waals surface area contributed by atoms with Crippen LogP contribution in [0.15, 0.2) is 60.7 Å². The van der Waals surface area contributed by atoms with Crippen LogP contribution < -0.4 is 0 Å². The van der Waals surface area contributed by atoms with Crippen LogP contribution in [0.5, 0.6) is 0 Å².